The zero-order valence-electron chi connectivity index (χ0n) is 21.9. The normalized spacial score (nSPS) is 13.4. The van der Waals surface area contributed by atoms with Gasteiger partial charge in [-0.1, -0.05) is 54.9 Å². The highest BCUT2D eigenvalue weighted by Gasteiger charge is 2.39. The molecule has 38 heavy (non-hydrogen) atoms. The molecule has 4 aromatic carbocycles. The topological polar surface area (TPSA) is 63.8 Å². The van der Waals surface area contributed by atoms with E-state index in [4.69, 9.17) is 9.27 Å². The molecule has 1 aromatic heterocycles. The summed E-state index contributed by atoms with van der Waals surface area (Å²) in [6.45, 7) is 9.52. The number of carboxylic acids is 1. The lowest BCUT2D eigenvalue weighted by Gasteiger charge is -2.37. The number of fused-ring (bicyclic) bond motifs is 3. The number of benzene rings is 4. The lowest BCUT2D eigenvalue weighted by atomic mass is 10.1. The summed E-state index contributed by atoms with van der Waals surface area (Å²) in [5, 5.41) is 12.4. The molecule has 0 aliphatic carbocycles. The number of aromatic nitrogens is 1. The van der Waals surface area contributed by atoms with Crippen molar-refractivity contribution in [1.29, 1.82) is 0 Å². The van der Waals surface area contributed by atoms with Gasteiger partial charge in [-0.3, -0.25) is 0 Å². The van der Waals surface area contributed by atoms with E-state index in [1.165, 1.54) is 21.8 Å². The Morgan fingerprint density at radius 2 is 1.58 bits per heavy atom. The molecular formula is C31H30BrN2O3P. The number of halogens is 1. The first-order chi connectivity index (χ1) is 18.1. The van der Waals surface area contributed by atoms with Gasteiger partial charge in [0.2, 0.25) is 0 Å². The van der Waals surface area contributed by atoms with Gasteiger partial charge < -0.3 is 14.2 Å². The summed E-state index contributed by atoms with van der Waals surface area (Å²) in [5.74, 6) is -0.226. The zero-order chi connectivity index (χ0) is 27.1. The van der Waals surface area contributed by atoms with Gasteiger partial charge in [0.15, 0.2) is 7.28 Å². The Bertz CT molecular complexity index is 1700. The molecule has 5 aromatic rings. The highest BCUT2D eigenvalue weighted by molar-refractivity contribution is 9.10. The van der Waals surface area contributed by atoms with E-state index < -0.39 is 13.3 Å². The van der Waals surface area contributed by atoms with Gasteiger partial charge in [0.05, 0.1) is 11.3 Å². The molecule has 194 valence electrons. The summed E-state index contributed by atoms with van der Waals surface area (Å²) in [6.07, 6.45) is 0. The predicted octanol–water partition coefficient (Wildman–Crippen LogP) is 9.23. The Morgan fingerprint density at radius 1 is 0.921 bits per heavy atom. The minimum absolute atomic E-state index is 0.228. The van der Waals surface area contributed by atoms with Gasteiger partial charge in [0, 0.05) is 43.3 Å². The van der Waals surface area contributed by atoms with Gasteiger partial charge in [-0.15, -0.1) is 0 Å². The van der Waals surface area contributed by atoms with Crippen LogP contribution >= 0.6 is 23.2 Å². The average Bonchev–Trinajstić information content (AvgIpc) is 3.22. The predicted molar refractivity (Wildman–Crippen MR) is 162 cm³/mol. The van der Waals surface area contributed by atoms with Crippen LogP contribution in [0.25, 0.3) is 21.8 Å². The molecule has 0 amide bonds. The molecule has 1 N–H and O–H groups in total. The maximum absolute atomic E-state index is 11.5. The van der Waals surface area contributed by atoms with Crippen LogP contribution in [0, 0.1) is 0 Å². The second-order valence-corrected chi connectivity index (χ2v) is 14.5. The van der Waals surface area contributed by atoms with Crippen LogP contribution in [0.1, 0.15) is 38.1 Å². The van der Waals surface area contributed by atoms with Crippen LogP contribution in [0.4, 0.5) is 5.69 Å². The molecule has 1 atom stereocenters. The molecule has 0 saturated heterocycles. The molecule has 0 fully saturated rings. The number of aryl methyl sites for hydroxylation is 1. The quantitative estimate of drug-likeness (QED) is 0.201. The molecule has 0 aliphatic rings. The van der Waals surface area contributed by atoms with E-state index in [-0.39, 0.29) is 10.7 Å². The van der Waals surface area contributed by atoms with E-state index in [1.54, 1.807) is 24.3 Å². The third-order valence-corrected chi connectivity index (χ3v) is 11.1. The number of carboxylic acid groups (broad SMARTS) is 1. The molecule has 7 heteroatoms. The van der Waals surface area contributed by atoms with Gasteiger partial charge in [0.1, 0.15) is 5.75 Å². The number of nitrogens with zero attached hydrogens (tertiary/aromatic N) is 2. The Kier molecular flexibility index (Phi) is 6.97. The second kappa shape index (κ2) is 10.1. The minimum Gasteiger partial charge on any atom is -0.478 e. The van der Waals surface area contributed by atoms with Gasteiger partial charge in [-0.2, -0.15) is 0 Å². The fraction of sp³-hybridized carbons (Fsp3) is 0.194. The van der Waals surface area contributed by atoms with E-state index in [0.29, 0.717) is 5.69 Å². The maximum atomic E-state index is 11.5. The fourth-order valence-corrected chi connectivity index (χ4v) is 8.20. The molecule has 0 unspecified atom stereocenters. The minimum atomic E-state index is -2.76. The Hall–Kier alpha value is -3.34. The standard InChI is InChI=1S/C31H30BrN2O3P/c1-5-34-28-9-7-6-8-26(28)27-20-25(18-19-29(27)34)38(31(2,3)4,37-24-16-12-22(32)13-17-24)33-23-14-10-21(11-15-23)30(35)36/h6-20H,5H2,1-4H3,(H,35,36)/t38-/m1/s1. The third kappa shape index (κ3) is 4.68. The monoisotopic (exact) mass is 588 g/mol. The van der Waals surface area contributed by atoms with Crippen molar-refractivity contribution in [3.8, 4) is 5.75 Å². The second-order valence-electron chi connectivity index (χ2n) is 10.2. The molecule has 0 aliphatic heterocycles. The van der Waals surface area contributed by atoms with Crippen molar-refractivity contribution in [3.63, 3.8) is 0 Å². The van der Waals surface area contributed by atoms with Crippen molar-refractivity contribution in [2.24, 2.45) is 4.74 Å². The molecule has 1 heterocycles. The van der Waals surface area contributed by atoms with Crippen LogP contribution < -0.4 is 9.83 Å². The Labute approximate surface area is 231 Å². The van der Waals surface area contributed by atoms with Crippen molar-refractivity contribution in [2.45, 2.75) is 39.4 Å². The molecule has 5 nitrogen and oxygen atoms in total. The van der Waals surface area contributed by atoms with Crippen molar-refractivity contribution in [2.75, 3.05) is 0 Å². The van der Waals surface area contributed by atoms with Crippen molar-refractivity contribution in [1.82, 2.24) is 4.57 Å². The smallest absolute Gasteiger partial charge is 0.335 e. The van der Waals surface area contributed by atoms with Crippen LogP contribution in [-0.4, -0.2) is 20.8 Å². The molecule has 0 bridgehead atoms. The highest BCUT2D eigenvalue weighted by atomic mass is 79.9. The first-order valence-electron chi connectivity index (χ1n) is 12.6. The number of rotatable bonds is 6. The van der Waals surface area contributed by atoms with E-state index in [9.17, 15) is 9.90 Å². The number of para-hydroxylation sites is 1. The van der Waals surface area contributed by atoms with E-state index in [0.717, 1.165) is 22.1 Å². The van der Waals surface area contributed by atoms with Crippen molar-refractivity contribution < 1.29 is 14.4 Å². The SMILES string of the molecule is CCn1c2ccccc2c2cc([P@@](=Nc3ccc(C(=O)O)cc3)(Oc3ccc(Br)cc3)C(C)(C)C)ccc21. The number of carbonyl (C=O) groups is 1. The van der Waals surface area contributed by atoms with E-state index in [2.05, 4.69) is 90.7 Å². The molecular weight excluding hydrogens is 559 g/mol. The third-order valence-electron chi connectivity index (χ3n) is 6.75. The lowest BCUT2D eigenvalue weighted by molar-refractivity contribution is 0.0697. The highest BCUT2D eigenvalue weighted by Crippen LogP contribution is 2.62. The zero-order valence-corrected chi connectivity index (χ0v) is 24.3. The van der Waals surface area contributed by atoms with Crippen LogP contribution in [-0.2, 0) is 6.54 Å². The van der Waals surface area contributed by atoms with Crippen molar-refractivity contribution >= 4 is 62.0 Å². The van der Waals surface area contributed by atoms with Crippen LogP contribution in [0.15, 0.2) is 100 Å². The summed E-state index contributed by atoms with van der Waals surface area (Å²) in [5.41, 5.74) is 3.30. The molecule has 5 rings (SSSR count). The van der Waals surface area contributed by atoms with Crippen LogP contribution in [0.3, 0.4) is 0 Å². The number of hydrogen-bond donors (Lipinski definition) is 1. The molecule has 0 radical (unpaired) electrons. The molecule has 0 spiro atoms. The number of aromatic carboxylic acids is 1. The Morgan fingerprint density at radius 3 is 2.21 bits per heavy atom. The summed E-state index contributed by atoms with van der Waals surface area (Å²) in [7, 11) is -2.76. The van der Waals surface area contributed by atoms with Crippen LogP contribution in [0.5, 0.6) is 5.75 Å². The summed E-state index contributed by atoms with van der Waals surface area (Å²) >= 11 is 3.52. The summed E-state index contributed by atoms with van der Waals surface area (Å²) in [6, 6.07) is 29.6. The van der Waals surface area contributed by atoms with E-state index in [1.807, 2.05) is 24.3 Å². The summed E-state index contributed by atoms with van der Waals surface area (Å²) < 4.78 is 15.6. The maximum Gasteiger partial charge on any atom is 0.335 e. The summed E-state index contributed by atoms with van der Waals surface area (Å²) in [4.78, 5) is 11.5. The lowest BCUT2D eigenvalue weighted by Crippen LogP contribution is -2.27. The van der Waals surface area contributed by atoms with Gasteiger partial charge >= 0.3 is 5.97 Å². The Balaban J connectivity index is 1.82. The van der Waals surface area contributed by atoms with Crippen LogP contribution in [0.2, 0.25) is 0 Å². The largest absolute Gasteiger partial charge is 0.478 e. The van der Waals surface area contributed by atoms with E-state index >= 15 is 0 Å². The molecule has 0 saturated carbocycles. The van der Waals surface area contributed by atoms with Crippen molar-refractivity contribution in [3.05, 3.63) is 101 Å². The van der Waals surface area contributed by atoms with Gasteiger partial charge in [-0.25, -0.2) is 9.54 Å². The first-order valence-corrected chi connectivity index (χ1v) is 15.0. The first kappa shape index (κ1) is 26.3. The number of hydrogen-bond acceptors (Lipinski definition) is 3. The van der Waals surface area contributed by atoms with Gasteiger partial charge in [0.25, 0.3) is 0 Å². The average molecular weight is 589 g/mol. The van der Waals surface area contributed by atoms with Gasteiger partial charge in [-0.05, 0) is 79.7 Å². The fourth-order valence-electron chi connectivity index (χ4n) is 4.86.